The number of aryl methyl sites for hydroxylation is 1. The Morgan fingerprint density at radius 3 is 2.42 bits per heavy atom. The number of nitrogens with two attached hydrogens (primary N) is 1. The lowest BCUT2D eigenvalue weighted by molar-refractivity contribution is 0.291. The van der Waals surface area contributed by atoms with E-state index in [0.29, 0.717) is 12.1 Å². The summed E-state index contributed by atoms with van der Waals surface area (Å²) in [6.07, 6.45) is 0. The van der Waals surface area contributed by atoms with Gasteiger partial charge in [0, 0.05) is 13.6 Å². The van der Waals surface area contributed by atoms with Crippen molar-refractivity contribution in [1.82, 2.24) is 4.31 Å². The minimum Gasteiger partial charge on any atom is -0.330 e. The summed E-state index contributed by atoms with van der Waals surface area (Å²) < 4.78 is 39.5. The van der Waals surface area contributed by atoms with Gasteiger partial charge in [-0.3, -0.25) is 0 Å². The van der Waals surface area contributed by atoms with E-state index in [1.165, 1.54) is 19.2 Å². The Morgan fingerprint density at radius 2 is 1.95 bits per heavy atom. The molecule has 1 aromatic rings. The van der Waals surface area contributed by atoms with Crippen LogP contribution in [0, 0.1) is 18.2 Å². The van der Waals surface area contributed by atoms with Crippen molar-refractivity contribution in [1.29, 1.82) is 0 Å². The predicted molar refractivity (Wildman–Crippen MR) is 73.8 cm³/mol. The van der Waals surface area contributed by atoms with E-state index in [1.807, 2.05) is 13.8 Å². The maximum Gasteiger partial charge on any atom is 0.245 e. The number of sulfonamides is 1. The molecule has 0 heterocycles. The summed E-state index contributed by atoms with van der Waals surface area (Å²) in [5.74, 6) is -0.725. The standard InChI is InChI=1S/C13H21FN2O2S/c1-10-5-6-12(11(14)7-10)19(17,18)16(4)9-13(2,3)8-15/h5-7H,8-9,15H2,1-4H3. The number of nitrogens with zero attached hydrogens (tertiary/aromatic N) is 1. The third-order valence-electron chi connectivity index (χ3n) is 2.98. The van der Waals surface area contributed by atoms with Gasteiger partial charge in [0.15, 0.2) is 0 Å². The van der Waals surface area contributed by atoms with Crippen LogP contribution in [0.4, 0.5) is 4.39 Å². The fourth-order valence-electron chi connectivity index (χ4n) is 1.74. The molecule has 0 aliphatic rings. The Kier molecular flexibility index (Phi) is 4.71. The lowest BCUT2D eigenvalue weighted by atomic mass is 9.94. The predicted octanol–water partition coefficient (Wildman–Crippen LogP) is 1.74. The molecule has 1 aromatic carbocycles. The largest absolute Gasteiger partial charge is 0.330 e. The van der Waals surface area contributed by atoms with Crippen molar-refractivity contribution in [3.8, 4) is 0 Å². The maximum atomic E-state index is 13.8. The van der Waals surface area contributed by atoms with Gasteiger partial charge in [-0.25, -0.2) is 17.1 Å². The molecule has 0 atom stereocenters. The zero-order chi connectivity index (χ0) is 14.8. The van der Waals surface area contributed by atoms with E-state index >= 15 is 0 Å². The van der Waals surface area contributed by atoms with Crippen LogP contribution < -0.4 is 5.73 Å². The molecule has 6 heteroatoms. The van der Waals surface area contributed by atoms with Crippen LogP contribution in [-0.4, -0.2) is 32.9 Å². The molecule has 2 N–H and O–H groups in total. The summed E-state index contributed by atoms with van der Waals surface area (Å²) in [6, 6.07) is 4.10. The van der Waals surface area contributed by atoms with Crippen LogP contribution in [0.15, 0.2) is 23.1 Å². The highest BCUT2D eigenvalue weighted by atomic mass is 32.2. The molecular formula is C13H21FN2O2S. The van der Waals surface area contributed by atoms with Crippen LogP contribution in [0.5, 0.6) is 0 Å². The molecule has 1 rings (SSSR count). The molecule has 0 unspecified atom stereocenters. The summed E-state index contributed by atoms with van der Waals surface area (Å²) in [7, 11) is -2.39. The molecular weight excluding hydrogens is 267 g/mol. The van der Waals surface area contributed by atoms with E-state index in [1.54, 1.807) is 13.0 Å². The number of halogens is 1. The highest BCUT2D eigenvalue weighted by Crippen LogP contribution is 2.23. The van der Waals surface area contributed by atoms with Crippen molar-refractivity contribution in [3.05, 3.63) is 29.6 Å². The first-order chi connectivity index (χ1) is 8.60. The van der Waals surface area contributed by atoms with Gasteiger partial charge in [-0.15, -0.1) is 0 Å². The van der Waals surface area contributed by atoms with E-state index in [-0.39, 0.29) is 16.9 Å². The monoisotopic (exact) mass is 288 g/mol. The van der Waals surface area contributed by atoms with Gasteiger partial charge in [0.1, 0.15) is 10.7 Å². The van der Waals surface area contributed by atoms with Crippen LogP contribution in [0.2, 0.25) is 0 Å². The summed E-state index contributed by atoms with van der Waals surface area (Å²) in [4.78, 5) is -0.298. The van der Waals surface area contributed by atoms with Crippen LogP contribution >= 0.6 is 0 Å². The van der Waals surface area contributed by atoms with E-state index in [4.69, 9.17) is 5.73 Å². The Labute approximate surface area is 114 Å². The van der Waals surface area contributed by atoms with E-state index in [2.05, 4.69) is 0 Å². The average Bonchev–Trinajstić information content (AvgIpc) is 2.27. The van der Waals surface area contributed by atoms with Crippen LogP contribution in [-0.2, 0) is 10.0 Å². The Bertz CT molecular complexity index is 556. The number of rotatable bonds is 5. The lowest BCUT2D eigenvalue weighted by Crippen LogP contribution is -2.40. The second-order valence-corrected chi connectivity index (χ2v) is 7.58. The number of benzene rings is 1. The third-order valence-corrected chi connectivity index (χ3v) is 4.82. The molecule has 0 saturated heterocycles. The fourth-order valence-corrected chi connectivity index (χ4v) is 3.14. The summed E-state index contributed by atoms with van der Waals surface area (Å²) >= 11 is 0. The molecule has 0 aliphatic carbocycles. The molecule has 4 nitrogen and oxygen atoms in total. The van der Waals surface area contributed by atoms with Gasteiger partial charge in [0.05, 0.1) is 0 Å². The molecule has 0 saturated carbocycles. The normalized spacial score (nSPS) is 13.0. The van der Waals surface area contributed by atoms with E-state index < -0.39 is 15.8 Å². The van der Waals surface area contributed by atoms with Crippen molar-refractivity contribution in [2.24, 2.45) is 11.1 Å². The molecule has 0 aliphatic heterocycles. The van der Waals surface area contributed by atoms with Crippen LogP contribution in [0.3, 0.4) is 0 Å². The van der Waals surface area contributed by atoms with Crippen molar-refractivity contribution < 1.29 is 12.8 Å². The Morgan fingerprint density at radius 1 is 1.37 bits per heavy atom. The zero-order valence-electron chi connectivity index (χ0n) is 11.8. The molecule has 0 bridgehead atoms. The highest BCUT2D eigenvalue weighted by Gasteiger charge is 2.29. The second-order valence-electron chi connectivity index (χ2n) is 5.56. The first-order valence-electron chi connectivity index (χ1n) is 6.03. The summed E-state index contributed by atoms with van der Waals surface area (Å²) in [5, 5.41) is 0. The number of hydrogen-bond acceptors (Lipinski definition) is 3. The first kappa shape index (κ1) is 16.1. The third kappa shape index (κ3) is 3.75. The Hall–Kier alpha value is -0.980. The van der Waals surface area contributed by atoms with Gasteiger partial charge in [0.2, 0.25) is 10.0 Å². The zero-order valence-corrected chi connectivity index (χ0v) is 12.6. The van der Waals surface area contributed by atoms with Crippen LogP contribution in [0.1, 0.15) is 19.4 Å². The fraction of sp³-hybridized carbons (Fsp3) is 0.538. The van der Waals surface area contributed by atoms with Crippen molar-refractivity contribution in [2.75, 3.05) is 20.1 Å². The topological polar surface area (TPSA) is 63.4 Å². The van der Waals surface area contributed by atoms with E-state index in [0.717, 1.165) is 4.31 Å². The number of hydrogen-bond donors (Lipinski definition) is 1. The van der Waals surface area contributed by atoms with Crippen molar-refractivity contribution in [3.63, 3.8) is 0 Å². The first-order valence-corrected chi connectivity index (χ1v) is 7.47. The SMILES string of the molecule is Cc1ccc(S(=O)(=O)N(C)CC(C)(C)CN)c(F)c1. The minimum atomic E-state index is -3.83. The van der Waals surface area contributed by atoms with Gasteiger partial charge in [-0.2, -0.15) is 0 Å². The molecule has 0 radical (unpaired) electrons. The van der Waals surface area contributed by atoms with Gasteiger partial charge < -0.3 is 5.73 Å². The van der Waals surface area contributed by atoms with Gasteiger partial charge in [-0.1, -0.05) is 19.9 Å². The van der Waals surface area contributed by atoms with E-state index in [9.17, 15) is 12.8 Å². The van der Waals surface area contributed by atoms with Gasteiger partial charge in [-0.05, 0) is 36.6 Å². The molecule has 0 spiro atoms. The summed E-state index contributed by atoms with van der Waals surface area (Å²) in [5.41, 5.74) is 5.91. The van der Waals surface area contributed by atoms with Gasteiger partial charge >= 0.3 is 0 Å². The molecule has 0 amide bonds. The smallest absolute Gasteiger partial charge is 0.245 e. The average molecular weight is 288 g/mol. The minimum absolute atomic E-state index is 0.235. The van der Waals surface area contributed by atoms with Crippen molar-refractivity contribution in [2.45, 2.75) is 25.7 Å². The van der Waals surface area contributed by atoms with Crippen LogP contribution in [0.25, 0.3) is 0 Å². The lowest BCUT2D eigenvalue weighted by Gasteiger charge is -2.28. The molecule has 0 fully saturated rings. The highest BCUT2D eigenvalue weighted by molar-refractivity contribution is 7.89. The maximum absolute atomic E-state index is 13.8. The Balaban J connectivity index is 3.10. The summed E-state index contributed by atoms with van der Waals surface area (Å²) in [6.45, 7) is 6.03. The second kappa shape index (κ2) is 5.56. The van der Waals surface area contributed by atoms with Crippen molar-refractivity contribution >= 4 is 10.0 Å². The molecule has 0 aromatic heterocycles. The van der Waals surface area contributed by atoms with Gasteiger partial charge in [0.25, 0.3) is 0 Å². The molecule has 19 heavy (non-hydrogen) atoms. The quantitative estimate of drug-likeness (QED) is 0.897. The molecule has 108 valence electrons.